The Balaban J connectivity index is 1.70. The molecule has 2 heteroatoms. The highest BCUT2D eigenvalue weighted by molar-refractivity contribution is 5.94. The fourth-order valence-corrected chi connectivity index (χ4v) is 3.18. The molecule has 0 aromatic heterocycles. The van der Waals surface area contributed by atoms with E-state index >= 15 is 0 Å². The molecule has 0 saturated carbocycles. The van der Waals surface area contributed by atoms with Gasteiger partial charge in [0.25, 0.3) is 0 Å². The zero-order valence-corrected chi connectivity index (χ0v) is 12.3. The number of nitrogens with one attached hydrogen (secondary N) is 1. The van der Waals surface area contributed by atoms with E-state index in [1.165, 1.54) is 48.7 Å². The summed E-state index contributed by atoms with van der Waals surface area (Å²) < 4.78 is 0. The van der Waals surface area contributed by atoms with Gasteiger partial charge in [-0.05, 0) is 37.3 Å². The topological polar surface area (TPSA) is 15.3 Å². The molecule has 0 amide bonds. The van der Waals surface area contributed by atoms with Crippen LogP contribution in [0.4, 0.5) is 5.69 Å². The molecule has 1 atom stereocenters. The summed E-state index contributed by atoms with van der Waals surface area (Å²) in [5.41, 5.74) is 1.35. The van der Waals surface area contributed by atoms with E-state index in [0.717, 1.165) is 6.54 Å². The maximum Gasteiger partial charge on any atom is 0.0443 e. The van der Waals surface area contributed by atoms with Crippen molar-refractivity contribution in [3.8, 4) is 0 Å². The second-order valence-electron chi connectivity index (χ2n) is 5.86. The van der Waals surface area contributed by atoms with Crippen molar-refractivity contribution in [1.29, 1.82) is 0 Å². The Morgan fingerprint density at radius 3 is 2.80 bits per heavy atom. The molecular weight excluding hydrogens is 244 g/mol. The molecule has 20 heavy (non-hydrogen) atoms. The SMILES string of the molecule is CN(CCC1CCCCN1)c1cccc2ccccc12. The minimum atomic E-state index is 0.709. The Morgan fingerprint density at radius 1 is 1.10 bits per heavy atom. The molecule has 3 rings (SSSR count). The lowest BCUT2D eigenvalue weighted by molar-refractivity contribution is 0.384. The molecule has 0 radical (unpaired) electrons. The molecule has 2 nitrogen and oxygen atoms in total. The van der Waals surface area contributed by atoms with E-state index in [-0.39, 0.29) is 0 Å². The smallest absolute Gasteiger partial charge is 0.0443 e. The van der Waals surface area contributed by atoms with E-state index in [9.17, 15) is 0 Å². The molecule has 0 aliphatic carbocycles. The lowest BCUT2D eigenvalue weighted by Crippen LogP contribution is -2.36. The highest BCUT2D eigenvalue weighted by Crippen LogP contribution is 2.26. The summed E-state index contributed by atoms with van der Waals surface area (Å²) >= 11 is 0. The van der Waals surface area contributed by atoms with E-state index in [1.807, 2.05) is 0 Å². The minimum absolute atomic E-state index is 0.709. The number of benzene rings is 2. The van der Waals surface area contributed by atoms with E-state index in [0.29, 0.717) is 6.04 Å². The summed E-state index contributed by atoms with van der Waals surface area (Å²) in [7, 11) is 2.21. The van der Waals surface area contributed by atoms with Crippen LogP contribution >= 0.6 is 0 Å². The van der Waals surface area contributed by atoms with Crippen LogP contribution in [0.5, 0.6) is 0 Å². The number of rotatable bonds is 4. The van der Waals surface area contributed by atoms with E-state index in [1.54, 1.807) is 0 Å². The fourth-order valence-electron chi connectivity index (χ4n) is 3.18. The molecule has 1 unspecified atom stereocenters. The minimum Gasteiger partial charge on any atom is -0.374 e. The van der Waals surface area contributed by atoms with Crippen LogP contribution in [-0.4, -0.2) is 26.2 Å². The van der Waals surface area contributed by atoms with Crippen LogP contribution in [0.1, 0.15) is 25.7 Å². The van der Waals surface area contributed by atoms with Crippen molar-refractivity contribution in [2.45, 2.75) is 31.7 Å². The highest BCUT2D eigenvalue weighted by Gasteiger charge is 2.13. The summed E-state index contributed by atoms with van der Waals surface area (Å²) in [6.07, 6.45) is 5.30. The molecule has 1 heterocycles. The van der Waals surface area contributed by atoms with Crippen LogP contribution in [0.15, 0.2) is 42.5 Å². The Hall–Kier alpha value is -1.54. The van der Waals surface area contributed by atoms with Gasteiger partial charge in [0.1, 0.15) is 0 Å². The lowest BCUT2D eigenvalue weighted by atomic mass is 10.0. The number of hydrogen-bond acceptors (Lipinski definition) is 2. The molecule has 1 aliphatic rings. The van der Waals surface area contributed by atoms with E-state index in [2.05, 4.69) is 59.7 Å². The van der Waals surface area contributed by atoms with Gasteiger partial charge in [-0.3, -0.25) is 0 Å². The van der Waals surface area contributed by atoms with Crippen LogP contribution in [0.25, 0.3) is 10.8 Å². The first-order valence-electron chi connectivity index (χ1n) is 7.77. The summed E-state index contributed by atoms with van der Waals surface area (Å²) in [6, 6.07) is 15.9. The van der Waals surface area contributed by atoms with Crippen LogP contribution in [0, 0.1) is 0 Å². The first kappa shape index (κ1) is 13.4. The number of anilines is 1. The predicted molar refractivity (Wildman–Crippen MR) is 87.5 cm³/mol. The molecule has 1 saturated heterocycles. The quantitative estimate of drug-likeness (QED) is 0.907. The van der Waals surface area contributed by atoms with Crippen molar-refractivity contribution in [2.75, 3.05) is 25.0 Å². The van der Waals surface area contributed by atoms with Crippen LogP contribution in [0.2, 0.25) is 0 Å². The summed E-state index contributed by atoms with van der Waals surface area (Å²) in [4.78, 5) is 2.40. The Bertz CT molecular complexity index is 553. The second kappa shape index (κ2) is 6.27. The van der Waals surface area contributed by atoms with Gasteiger partial charge in [0, 0.05) is 30.7 Å². The molecule has 106 valence electrons. The van der Waals surface area contributed by atoms with E-state index < -0.39 is 0 Å². The lowest BCUT2D eigenvalue weighted by Gasteiger charge is -2.27. The maximum absolute atomic E-state index is 3.64. The van der Waals surface area contributed by atoms with Crippen molar-refractivity contribution in [2.24, 2.45) is 0 Å². The van der Waals surface area contributed by atoms with Gasteiger partial charge < -0.3 is 10.2 Å². The van der Waals surface area contributed by atoms with Gasteiger partial charge in [0.15, 0.2) is 0 Å². The second-order valence-corrected chi connectivity index (χ2v) is 5.86. The Morgan fingerprint density at radius 2 is 1.95 bits per heavy atom. The molecule has 2 aromatic rings. The van der Waals surface area contributed by atoms with Gasteiger partial charge in [-0.15, -0.1) is 0 Å². The standard InChI is InChI=1S/C18H24N2/c1-20(14-12-16-9-4-5-13-19-16)18-11-6-8-15-7-2-3-10-17(15)18/h2-3,6-8,10-11,16,19H,4-5,9,12-14H2,1H3. The van der Waals surface area contributed by atoms with Crippen molar-refractivity contribution in [1.82, 2.24) is 5.32 Å². The monoisotopic (exact) mass is 268 g/mol. The average molecular weight is 268 g/mol. The van der Waals surface area contributed by atoms with Gasteiger partial charge in [-0.1, -0.05) is 42.8 Å². The third kappa shape index (κ3) is 2.96. The molecule has 2 aromatic carbocycles. The van der Waals surface area contributed by atoms with Crippen molar-refractivity contribution < 1.29 is 0 Å². The van der Waals surface area contributed by atoms with Crippen LogP contribution < -0.4 is 10.2 Å². The van der Waals surface area contributed by atoms with Crippen molar-refractivity contribution in [3.63, 3.8) is 0 Å². The molecule has 1 fully saturated rings. The maximum atomic E-state index is 3.64. The number of piperidine rings is 1. The van der Waals surface area contributed by atoms with Gasteiger partial charge in [-0.2, -0.15) is 0 Å². The number of fused-ring (bicyclic) bond motifs is 1. The third-order valence-corrected chi connectivity index (χ3v) is 4.40. The Kier molecular flexibility index (Phi) is 4.22. The van der Waals surface area contributed by atoms with E-state index in [4.69, 9.17) is 0 Å². The zero-order valence-electron chi connectivity index (χ0n) is 12.3. The fraction of sp³-hybridized carbons (Fsp3) is 0.444. The first-order valence-corrected chi connectivity index (χ1v) is 7.77. The van der Waals surface area contributed by atoms with Gasteiger partial charge in [-0.25, -0.2) is 0 Å². The third-order valence-electron chi connectivity index (χ3n) is 4.40. The zero-order chi connectivity index (χ0) is 13.8. The number of hydrogen-bond donors (Lipinski definition) is 1. The van der Waals surface area contributed by atoms with Gasteiger partial charge in [0.05, 0.1) is 0 Å². The molecule has 1 N–H and O–H groups in total. The normalized spacial score (nSPS) is 19.1. The highest BCUT2D eigenvalue weighted by atomic mass is 15.1. The van der Waals surface area contributed by atoms with Crippen molar-refractivity contribution in [3.05, 3.63) is 42.5 Å². The first-order chi connectivity index (χ1) is 9.84. The molecule has 0 spiro atoms. The summed E-state index contributed by atoms with van der Waals surface area (Å²) in [5, 5.41) is 6.32. The Labute approximate surface area is 121 Å². The van der Waals surface area contributed by atoms with Gasteiger partial charge in [0.2, 0.25) is 0 Å². The molecule has 0 bridgehead atoms. The summed E-state index contributed by atoms with van der Waals surface area (Å²) in [5.74, 6) is 0. The largest absolute Gasteiger partial charge is 0.374 e. The van der Waals surface area contributed by atoms with Gasteiger partial charge >= 0.3 is 0 Å². The van der Waals surface area contributed by atoms with Crippen LogP contribution in [0.3, 0.4) is 0 Å². The summed E-state index contributed by atoms with van der Waals surface area (Å²) in [6.45, 7) is 2.31. The predicted octanol–water partition coefficient (Wildman–Crippen LogP) is 3.81. The van der Waals surface area contributed by atoms with Crippen LogP contribution in [-0.2, 0) is 0 Å². The molecular formula is C18H24N2. The number of nitrogens with zero attached hydrogens (tertiary/aromatic N) is 1. The average Bonchev–Trinajstić information content (AvgIpc) is 2.53. The molecule has 1 aliphatic heterocycles. The van der Waals surface area contributed by atoms with Crippen molar-refractivity contribution >= 4 is 16.5 Å².